The van der Waals surface area contributed by atoms with Gasteiger partial charge in [-0.25, -0.2) is 0 Å². The number of halogens is 1. The first-order chi connectivity index (χ1) is 13.7. The number of hydrogen-bond acceptors (Lipinski definition) is 3. The molecule has 1 aromatic rings. The van der Waals surface area contributed by atoms with E-state index >= 15 is 0 Å². The molecule has 2 fully saturated rings. The van der Waals surface area contributed by atoms with Gasteiger partial charge in [-0.05, 0) is 43.6 Å². The highest BCUT2D eigenvalue weighted by Crippen LogP contribution is 2.27. The van der Waals surface area contributed by atoms with Crippen LogP contribution in [0.5, 0.6) is 0 Å². The minimum atomic E-state index is 0. The molecule has 1 atom stereocenters. The zero-order valence-corrected chi connectivity index (χ0v) is 18.2. The highest BCUT2D eigenvalue weighted by molar-refractivity contribution is 5.85. The molecule has 3 N–H and O–H groups in total. The number of carbonyl (C=O) groups is 2. The lowest BCUT2D eigenvalue weighted by Gasteiger charge is -2.34. The fourth-order valence-corrected chi connectivity index (χ4v) is 4.65. The average Bonchev–Trinajstić information content (AvgIpc) is 2.77. The maximum Gasteiger partial charge on any atom is 0.223 e. The topological polar surface area (TPSA) is 75.4 Å². The van der Waals surface area contributed by atoms with Crippen molar-refractivity contribution < 1.29 is 9.59 Å². The molecule has 0 spiro atoms. The number of piperidine rings is 1. The van der Waals surface area contributed by atoms with Crippen LogP contribution in [0, 0.1) is 11.8 Å². The van der Waals surface area contributed by atoms with Crippen LogP contribution in [0.25, 0.3) is 0 Å². The van der Waals surface area contributed by atoms with E-state index in [1.807, 2.05) is 23.1 Å². The van der Waals surface area contributed by atoms with Gasteiger partial charge in [0, 0.05) is 38.0 Å². The molecule has 1 aromatic carbocycles. The summed E-state index contributed by atoms with van der Waals surface area (Å²) in [6.45, 7) is 1.89. The summed E-state index contributed by atoms with van der Waals surface area (Å²) in [4.78, 5) is 27.1. The molecular formula is C23H36ClN3O2. The van der Waals surface area contributed by atoms with E-state index in [-0.39, 0.29) is 36.2 Å². The van der Waals surface area contributed by atoms with Gasteiger partial charge in [-0.3, -0.25) is 9.59 Å². The summed E-state index contributed by atoms with van der Waals surface area (Å²) in [5.41, 5.74) is 7.15. The Hall–Kier alpha value is -1.59. The van der Waals surface area contributed by atoms with Crippen molar-refractivity contribution in [2.45, 2.75) is 63.8 Å². The summed E-state index contributed by atoms with van der Waals surface area (Å²) in [6.07, 6.45) is 8.99. The fourth-order valence-electron chi connectivity index (χ4n) is 4.65. The lowest BCUT2D eigenvalue weighted by Crippen LogP contribution is -2.50. The van der Waals surface area contributed by atoms with Crippen LogP contribution in [0.15, 0.2) is 30.3 Å². The molecule has 1 saturated carbocycles. The molecule has 5 nitrogen and oxygen atoms in total. The fraction of sp³-hybridized carbons (Fsp3) is 0.652. The van der Waals surface area contributed by atoms with E-state index in [9.17, 15) is 9.59 Å². The lowest BCUT2D eigenvalue weighted by molar-refractivity contribution is -0.136. The molecule has 3 rings (SSSR count). The minimum Gasteiger partial charge on any atom is -0.352 e. The molecular weight excluding hydrogens is 386 g/mol. The van der Waals surface area contributed by atoms with Gasteiger partial charge in [0.15, 0.2) is 0 Å². The smallest absolute Gasteiger partial charge is 0.223 e. The van der Waals surface area contributed by atoms with Crippen molar-refractivity contribution in [3.63, 3.8) is 0 Å². The Balaban J connectivity index is 0.00000300. The van der Waals surface area contributed by atoms with Gasteiger partial charge < -0.3 is 16.0 Å². The number of rotatable bonds is 7. The Kier molecular flexibility index (Phi) is 9.95. The molecule has 0 aromatic heterocycles. The summed E-state index contributed by atoms with van der Waals surface area (Å²) in [5.74, 6) is 0.875. The van der Waals surface area contributed by atoms with Crippen molar-refractivity contribution in [1.29, 1.82) is 0 Å². The molecule has 162 valence electrons. The van der Waals surface area contributed by atoms with Crippen molar-refractivity contribution in [2.24, 2.45) is 17.6 Å². The first-order valence-corrected chi connectivity index (χ1v) is 11.0. The normalized spacial score (nSPS) is 19.3. The number of likely N-dealkylation sites (tertiary alicyclic amines) is 1. The van der Waals surface area contributed by atoms with Crippen LogP contribution in [0.1, 0.15) is 56.9 Å². The Morgan fingerprint density at radius 3 is 2.31 bits per heavy atom. The number of amides is 2. The van der Waals surface area contributed by atoms with Gasteiger partial charge in [0.2, 0.25) is 11.8 Å². The first-order valence-electron chi connectivity index (χ1n) is 11.0. The third-order valence-electron chi connectivity index (χ3n) is 6.49. The second kappa shape index (κ2) is 12.2. The molecule has 2 amide bonds. The van der Waals surface area contributed by atoms with E-state index < -0.39 is 0 Å². The lowest BCUT2D eigenvalue weighted by atomic mass is 9.83. The van der Waals surface area contributed by atoms with Gasteiger partial charge in [0.05, 0.1) is 0 Å². The van der Waals surface area contributed by atoms with E-state index in [1.54, 1.807) is 0 Å². The quantitative estimate of drug-likeness (QED) is 0.709. The van der Waals surface area contributed by atoms with Gasteiger partial charge in [-0.1, -0.05) is 49.6 Å². The number of nitrogens with two attached hydrogens (primary N) is 1. The first kappa shape index (κ1) is 23.7. The zero-order valence-electron chi connectivity index (χ0n) is 17.4. The van der Waals surface area contributed by atoms with Gasteiger partial charge >= 0.3 is 0 Å². The second-order valence-corrected chi connectivity index (χ2v) is 8.39. The SMILES string of the molecule is Cl.NCC(NC(=O)C1CCN(C(=O)CCc2ccccc2)CC1)C1CCCCC1. The number of carbonyl (C=O) groups excluding carboxylic acids is 2. The second-order valence-electron chi connectivity index (χ2n) is 8.39. The van der Waals surface area contributed by atoms with Crippen molar-refractivity contribution in [2.75, 3.05) is 19.6 Å². The maximum absolute atomic E-state index is 12.7. The molecule has 6 heteroatoms. The van der Waals surface area contributed by atoms with Gasteiger partial charge in [-0.2, -0.15) is 0 Å². The van der Waals surface area contributed by atoms with Crippen LogP contribution >= 0.6 is 12.4 Å². The largest absolute Gasteiger partial charge is 0.352 e. The average molecular weight is 422 g/mol. The molecule has 0 bridgehead atoms. The van der Waals surface area contributed by atoms with Gasteiger partial charge in [-0.15, -0.1) is 12.4 Å². The van der Waals surface area contributed by atoms with Gasteiger partial charge in [0.25, 0.3) is 0 Å². The van der Waals surface area contributed by atoms with Crippen LogP contribution in [-0.2, 0) is 16.0 Å². The predicted octanol–water partition coefficient (Wildman–Crippen LogP) is 3.30. The summed E-state index contributed by atoms with van der Waals surface area (Å²) < 4.78 is 0. The highest BCUT2D eigenvalue weighted by atomic mass is 35.5. The Bertz CT molecular complexity index is 626. The van der Waals surface area contributed by atoms with Crippen LogP contribution in [-0.4, -0.2) is 42.4 Å². The maximum atomic E-state index is 12.7. The number of hydrogen-bond donors (Lipinski definition) is 2. The number of nitrogens with one attached hydrogen (secondary N) is 1. The third kappa shape index (κ3) is 7.00. The zero-order chi connectivity index (χ0) is 19.8. The molecule has 2 aliphatic rings. The van der Waals surface area contributed by atoms with Crippen LogP contribution in [0.2, 0.25) is 0 Å². The summed E-state index contributed by atoms with van der Waals surface area (Å²) in [7, 11) is 0. The Labute approximate surface area is 181 Å². The van der Waals surface area contributed by atoms with E-state index in [1.165, 1.54) is 37.7 Å². The Morgan fingerprint density at radius 2 is 1.69 bits per heavy atom. The van der Waals surface area contributed by atoms with Crippen LogP contribution < -0.4 is 11.1 Å². The summed E-state index contributed by atoms with van der Waals surface area (Å²) in [6, 6.07) is 10.2. The van der Waals surface area contributed by atoms with E-state index in [0.29, 0.717) is 32.0 Å². The standard InChI is InChI=1S/C23H35N3O2.ClH/c24-17-21(19-9-5-2-6-10-19)25-23(28)20-13-15-26(16-14-20)22(27)12-11-18-7-3-1-4-8-18;/h1,3-4,7-8,19-21H,2,5-6,9-17,24H2,(H,25,28);1H. The minimum absolute atomic E-state index is 0. The molecule has 0 radical (unpaired) electrons. The number of benzene rings is 1. The summed E-state index contributed by atoms with van der Waals surface area (Å²) >= 11 is 0. The number of aryl methyl sites for hydroxylation is 1. The van der Waals surface area contributed by atoms with Crippen molar-refractivity contribution in [1.82, 2.24) is 10.2 Å². The molecule has 1 heterocycles. The third-order valence-corrected chi connectivity index (χ3v) is 6.49. The van der Waals surface area contributed by atoms with E-state index in [2.05, 4.69) is 17.4 Å². The highest BCUT2D eigenvalue weighted by Gasteiger charge is 2.30. The van der Waals surface area contributed by atoms with E-state index in [4.69, 9.17) is 5.73 Å². The molecule has 1 aliphatic heterocycles. The van der Waals surface area contributed by atoms with Crippen molar-refractivity contribution >= 4 is 24.2 Å². The van der Waals surface area contributed by atoms with Gasteiger partial charge in [0.1, 0.15) is 0 Å². The number of nitrogens with zero attached hydrogens (tertiary/aromatic N) is 1. The van der Waals surface area contributed by atoms with Crippen molar-refractivity contribution in [3.8, 4) is 0 Å². The van der Waals surface area contributed by atoms with Crippen molar-refractivity contribution in [3.05, 3.63) is 35.9 Å². The van der Waals surface area contributed by atoms with Crippen LogP contribution in [0.4, 0.5) is 0 Å². The van der Waals surface area contributed by atoms with Crippen LogP contribution in [0.3, 0.4) is 0 Å². The molecule has 29 heavy (non-hydrogen) atoms. The molecule has 1 aliphatic carbocycles. The molecule has 1 unspecified atom stereocenters. The predicted molar refractivity (Wildman–Crippen MR) is 119 cm³/mol. The Morgan fingerprint density at radius 1 is 1.03 bits per heavy atom. The summed E-state index contributed by atoms with van der Waals surface area (Å²) in [5, 5.41) is 3.23. The van der Waals surface area contributed by atoms with E-state index in [0.717, 1.165) is 19.3 Å². The monoisotopic (exact) mass is 421 g/mol. The molecule has 1 saturated heterocycles.